The van der Waals surface area contributed by atoms with Gasteiger partial charge in [0, 0.05) is 12.7 Å². The van der Waals surface area contributed by atoms with Crippen LogP contribution in [0.5, 0.6) is 0 Å². The van der Waals surface area contributed by atoms with Crippen LogP contribution in [0.1, 0.15) is 21.6 Å². The van der Waals surface area contributed by atoms with Crippen LogP contribution in [-0.4, -0.2) is 35.6 Å². The van der Waals surface area contributed by atoms with E-state index in [1.54, 1.807) is 18.0 Å². The smallest absolute Gasteiger partial charge is 0.269 e. The number of likely N-dealkylation sites (N-methyl/N-ethyl adjacent to an activating group) is 1. The maximum Gasteiger partial charge on any atom is 0.269 e. The number of benzene rings is 1. The Balaban J connectivity index is 2.03. The number of carbonyl (C=O) groups excluding carboxylic acids is 2. The second-order valence-electron chi connectivity index (χ2n) is 5.31. The second kappa shape index (κ2) is 6.87. The summed E-state index contributed by atoms with van der Waals surface area (Å²) in [6.07, 6.45) is 0. The van der Waals surface area contributed by atoms with Crippen molar-refractivity contribution in [3.05, 3.63) is 47.2 Å². The predicted octanol–water partition coefficient (Wildman–Crippen LogP) is 1.27. The molecule has 2 rings (SSSR count). The molecule has 1 heterocycles. The number of carbonyl (C=O) groups is 2. The van der Waals surface area contributed by atoms with Gasteiger partial charge in [-0.1, -0.05) is 18.2 Å². The van der Waals surface area contributed by atoms with Crippen molar-refractivity contribution in [3.8, 4) is 0 Å². The van der Waals surface area contributed by atoms with Crippen LogP contribution in [-0.2, 0) is 4.79 Å². The zero-order chi connectivity index (χ0) is 17.0. The van der Waals surface area contributed by atoms with Gasteiger partial charge in [0.25, 0.3) is 5.91 Å². The van der Waals surface area contributed by atoms with Crippen LogP contribution in [0.15, 0.2) is 30.3 Å². The molecule has 0 spiro atoms. The molecule has 2 amide bonds. The van der Waals surface area contributed by atoms with E-state index in [4.69, 9.17) is 5.73 Å². The number of amides is 2. The molecule has 0 saturated heterocycles. The van der Waals surface area contributed by atoms with Crippen LogP contribution in [0.4, 0.5) is 11.5 Å². The van der Waals surface area contributed by atoms with Crippen molar-refractivity contribution in [2.75, 3.05) is 23.8 Å². The lowest BCUT2D eigenvalue weighted by atomic mass is 10.1. The summed E-state index contributed by atoms with van der Waals surface area (Å²) in [6.45, 7) is 4.00. The number of aryl methyl sites for hydroxylation is 2. The minimum absolute atomic E-state index is 0.0853. The maximum absolute atomic E-state index is 12.2. The topological polar surface area (TPSA) is 101 Å². The molecule has 0 saturated carbocycles. The van der Waals surface area contributed by atoms with Gasteiger partial charge in [-0.25, -0.2) is 0 Å². The second-order valence-corrected chi connectivity index (χ2v) is 5.31. The fourth-order valence-electron chi connectivity index (χ4n) is 2.15. The van der Waals surface area contributed by atoms with E-state index in [1.165, 1.54) is 6.07 Å². The lowest BCUT2D eigenvalue weighted by molar-refractivity contribution is -0.114. The lowest BCUT2D eigenvalue weighted by Crippen LogP contribution is -2.31. The van der Waals surface area contributed by atoms with E-state index >= 15 is 0 Å². The highest BCUT2D eigenvalue weighted by atomic mass is 16.2. The van der Waals surface area contributed by atoms with Gasteiger partial charge in [-0.15, -0.1) is 10.2 Å². The Kier molecular flexibility index (Phi) is 4.90. The first-order chi connectivity index (χ1) is 10.9. The highest BCUT2D eigenvalue weighted by molar-refractivity contribution is 5.95. The molecule has 1 aromatic heterocycles. The van der Waals surface area contributed by atoms with Crippen LogP contribution in [0.3, 0.4) is 0 Å². The summed E-state index contributed by atoms with van der Waals surface area (Å²) in [6, 6.07) is 8.91. The van der Waals surface area contributed by atoms with Gasteiger partial charge in [0.05, 0.1) is 6.54 Å². The van der Waals surface area contributed by atoms with Gasteiger partial charge in [-0.3, -0.25) is 9.59 Å². The van der Waals surface area contributed by atoms with Crippen molar-refractivity contribution in [1.29, 1.82) is 0 Å². The Morgan fingerprint density at radius 2 is 1.78 bits per heavy atom. The van der Waals surface area contributed by atoms with Crippen molar-refractivity contribution in [2.45, 2.75) is 13.8 Å². The molecule has 2 aromatic rings. The van der Waals surface area contributed by atoms with Gasteiger partial charge < -0.3 is 16.0 Å². The maximum atomic E-state index is 12.2. The van der Waals surface area contributed by atoms with Crippen molar-refractivity contribution in [1.82, 2.24) is 10.2 Å². The van der Waals surface area contributed by atoms with E-state index < -0.39 is 5.91 Å². The average molecular weight is 313 g/mol. The summed E-state index contributed by atoms with van der Waals surface area (Å²) < 4.78 is 0. The summed E-state index contributed by atoms with van der Waals surface area (Å²) in [5.74, 6) is -0.322. The van der Waals surface area contributed by atoms with Gasteiger partial charge >= 0.3 is 0 Å². The third-order valence-electron chi connectivity index (χ3n) is 3.42. The summed E-state index contributed by atoms with van der Waals surface area (Å²) in [5.41, 5.74) is 8.03. The number of para-hydroxylation sites is 1. The number of anilines is 2. The number of rotatable bonds is 5. The van der Waals surface area contributed by atoms with E-state index in [0.29, 0.717) is 5.82 Å². The average Bonchev–Trinajstić information content (AvgIpc) is 2.51. The van der Waals surface area contributed by atoms with Crippen molar-refractivity contribution in [2.24, 2.45) is 5.73 Å². The molecule has 0 radical (unpaired) electrons. The third kappa shape index (κ3) is 4.03. The van der Waals surface area contributed by atoms with E-state index in [2.05, 4.69) is 15.5 Å². The van der Waals surface area contributed by atoms with Gasteiger partial charge in [-0.05, 0) is 37.1 Å². The van der Waals surface area contributed by atoms with Crippen molar-refractivity contribution in [3.63, 3.8) is 0 Å². The standard InChI is InChI=1S/C16H19N5O2/c1-10-5-4-6-11(2)15(10)18-14(22)9-21(3)13-8-7-12(16(17)23)19-20-13/h4-8H,9H2,1-3H3,(H2,17,23)(H,18,22). The Bertz CT molecular complexity index is 708. The summed E-state index contributed by atoms with van der Waals surface area (Å²) in [4.78, 5) is 24.8. The number of nitrogens with one attached hydrogen (secondary N) is 1. The molecular formula is C16H19N5O2. The van der Waals surface area contributed by atoms with Gasteiger partial charge in [0.1, 0.15) is 0 Å². The van der Waals surface area contributed by atoms with E-state index in [9.17, 15) is 9.59 Å². The van der Waals surface area contributed by atoms with Crippen LogP contribution in [0.2, 0.25) is 0 Å². The predicted molar refractivity (Wildman–Crippen MR) is 88.4 cm³/mol. The van der Waals surface area contributed by atoms with Gasteiger partial charge in [0.2, 0.25) is 5.91 Å². The molecule has 120 valence electrons. The minimum atomic E-state index is -0.639. The number of hydrogen-bond acceptors (Lipinski definition) is 5. The number of aromatic nitrogens is 2. The molecule has 0 fully saturated rings. The van der Waals surface area contributed by atoms with Crippen LogP contribution in [0.25, 0.3) is 0 Å². The first kappa shape index (κ1) is 16.4. The molecule has 0 aliphatic rings. The molecular weight excluding hydrogens is 294 g/mol. The molecule has 0 aliphatic heterocycles. The summed E-state index contributed by atoms with van der Waals surface area (Å²) >= 11 is 0. The zero-order valence-electron chi connectivity index (χ0n) is 13.3. The molecule has 0 aliphatic carbocycles. The van der Waals surface area contributed by atoms with E-state index in [1.807, 2.05) is 32.0 Å². The molecule has 0 atom stereocenters. The van der Waals surface area contributed by atoms with Crippen molar-refractivity contribution < 1.29 is 9.59 Å². The first-order valence-corrected chi connectivity index (χ1v) is 7.09. The van der Waals surface area contributed by atoms with E-state index in [0.717, 1.165) is 16.8 Å². The van der Waals surface area contributed by atoms with E-state index in [-0.39, 0.29) is 18.1 Å². The summed E-state index contributed by atoms with van der Waals surface area (Å²) in [7, 11) is 1.72. The van der Waals surface area contributed by atoms with Gasteiger partial charge in [0.15, 0.2) is 11.5 Å². The molecule has 7 heteroatoms. The summed E-state index contributed by atoms with van der Waals surface area (Å²) in [5, 5.41) is 10.5. The molecule has 7 nitrogen and oxygen atoms in total. The minimum Gasteiger partial charge on any atom is -0.364 e. The number of nitrogens with zero attached hydrogens (tertiary/aromatic N) is 3. The lowest BCUT2D eigenvalue weighted by Gasteiger charge is -2.18. The van der Waals surface area contributed by atoms with Crippen LogP contribution < -0.4 is 16.0 Å². The van der Waals surface area contributed by atoms with Crippen molar-refractivity contribution >= 4 is 23.3 Å². The Morgan fingerprint density at radius 3 is 2.30 bits per heavy atom. The Labute approximate surface area is 134 Å². The number of primary amides is 1. The van der Waals surface area contributed by atoms with Crippen LogP contribution >= 0.6 is 0 Å². The fraction of sp³-hybridized carbons (Fsp3) is 0.250. The number of hydrogen-bond donors (Lipinski definition) is 2. The molecule has 1 aromatic carbocycles. The highest BCUT2D eigenvalue weighted by Crippen LogP contribution is 2.19. The molecule has 0 unspecified atom stereocenters. The Morgan fingerprint density at radius 1 is 1.13 bits per heavy atom. The van der Waals surface area contributed by atoms with Crippen LogP contribution in [0, 0.1) is 13.8 Å². The zero-order valence-corrected chi connectivity index (χ0v) is 13.3. The Hall–Kier alpha value is -2.96. The quantitative estimate of drug-likeness (QED) is 0.865. The molecule has 3 N–H and O–H groups in total. The first-order valence-electron chi connectivity index (χ1n) is 7.09. The molecule has 23 heavy (non-hydrogen) atoms. The third-order valence-corrected chi connectivity index (χ3v) is 3.42. The number of nitrogens with two attached hydrogens (primary N) is 1. The SMILES string of the molecule is Cc1cccc(C)c1NC(=O)CN(C)c1ccc(C(N)=O)nn1. The van der Waals surface area contributed by atoms with Gasteiger partial charge in [-0.2, -0.15) is 0 Å². The molecule has 0 bridgehead atoms. The largest absolute Gasteiger partial charge is 0.364 e. The monoisotopic (exact) mass is 313 g/mol. The highest BCUT2D eigenvalue weighted by Gasteiger charge is 2.12. The fourth-order valence-corrected chi connectivity index (χ4v) is 2.15. The normalized spacial score (nSPS) is 10.2.